The van der Waals surface area contributed by atoms with Gasteiger partial charge in [0.05, 0.1) is 12.0 Å². The van der Waals surface area contributed by atoms with E-state index in [-0.39, 0.29) is 12.3 Å². The fourth-order valence-corrected chi connectivity index (χ4v) is 4.16. The van der Waals surface area contributed by atoms with Crippen LogP contribution in [0.3, 0.4) is 0 Å². The van der Waals surface area contributed by atoms with Crippen molar-refractivity contribution in [1.29, 1.82) is 0 Å². The maximum absolute atomic E-state index is 12.7. The van der Waals surface area contributed by atoms with Crippen molar-refractivity contribution in [3.63, 3.8) is 0 Å². The second-order valence-electron chi connectivity index (χ2n) is 7.61. The molecule has 8 heteroatoms. The van der Waals surface area contributed by atoms with Crippen LogP contribution in [0.25, 0.3) is 0 Å². The van der Waals surface area contributed by atoms with Crippen molar-refractivity contribution in [2.75, 3.05) is 18.4 Å². The van der Waals surface area contributed by atoms with Gasteiger partial charge in [-0.15, -0.1) is 0 Å². The first-order valence-electron chi connectivity index (χ1n) is 9.74. The van der Waals surface area contributed by atoms with Crippen molar-refractivity contribution < 1.29 is 27.5 Å². The molecule has 1 atom stereocenters. The van der Waals surface area contributed by atoms with E-state index in [1.165, 1.54) is 12.1 Å². The van der Waals surface area contributed by atoms with E-state index in [9.17, 15) is 22.8 Å². The van der Waals surface area contributed by atoms with Crippen LogP contribution >= 0.6 is 0 Å². The van der Waals surface area contributed by atoms with Gasteiger partial charge in [0.15, 0.2) is 12.5 Å². The Hall–Kier alpha value is -2.87. The Kier molecular flexibility index (Phi) is 5.27. The summed E-state index contributed by atoms with van der Waals surface area (Å²) in [5.74, 6) is -0.140. The monoisotopic (exact) mass is 418 g/mol. The van der Waals surface area contributed by atoms with Crippen LogP contribution in [-0.4, -0.2) is 36.4 Å². The zero-order valence-electron chi connectivity index (χ0n) is 16.1. The van der Waals surface area contributed by atoms with Crippen molar-refractivity contribution in [2.45, 2.75) is 37.3 Å². The summed E-state index contributed by atoms with van der Waals surface area (Å²) < 4.78 is 44.1. The molecule has 2 aromatic rings. The SMILES string of the molecule is O=CC1Nc2ccccc2C2(CCN(C(=O)Cc3ccc(C(F)(F)F)cc3)CC2)O1. The minimum absolute atomic E-state index is 0.0428. The molecule has 2 aromatic carbocycles. The number of carbonyl (C=O) groups excluding carboxylic acids is 2. The van der Waals surface area contributed by atoms with Crippen molar-refractivity contribution >= 4 is 17.9 Å². The lowest BCUT2D eigenvalue weighted by molar-refractivity contribution is -0.152. The Morgan fingerprint density at radius 2 is 1.80 bits per heavy atom. The molecule has 1 unspecified atom stereocenters. The van der Waals surface area contributed by atoms with E-state index in [1.807, 2.05) is 24.3 Å². The number of amides is 1. The number of nitrogens with zero attached hydrogens (tertiary/aromatic N) is 1. The van der Waals surface area contributed by atoms with Crippen LogP contribution < -0.4 is 5.32 Å². The number of ether oxygens (including phenoxy) is 1. The number of rotatable bonds is 3. The lowest BCUT2D eigenvalue weighted by Crippen LogP contribution is -2.51. The molecule has 1 amide bonds. The maximum atomic E-state index is 12.7. The number of anilines is 1. The largest absolute Gasteiger partial charge is 0.416 e. The minimum Gasteiger partial charge on any atom is -0.354 e. The Bertz CT molecular complexity index is 935. The summed E-state index contributed by atoms with van der Waals surface area (Å²) in [6.07, 6.45) is -3.30. The number of carbonyl (C=O) groups is 2. The second kappa shape index (κ2) is 7.75. The van der Waals surface area contributed by atoms with Gasteiger partial charge in [-0.1, -0.05) is 30.3 Å². The number of hydrogen-bond donors (Lipinski definition) is 1. The average Bonchev–Trinajstić information content (AvgIpc) is 2.74. The third kappa shape index (κ3) is 3.92. The third-order valence-electron chi connectivity index (χ3n) is 5.75. The molecular formula is C22H21F3N2O3. The first-order chi connectivity index (χ1) is 14.3. The third-order valence-corrected chi connectivity index (χ3v) is 5.75. The zero-order chi connectivity index (χ0) is 21.4. The van der Waals surface area contributed by atoms with E-state index in [2.05, 4.69) is 5.32 Å². The van der Waals surface area contributed by atoms with E-state index in [4.69, 9.17) is 4.74 Å². The van der Waals surface area contributed by atoms with Gasteiger partial charge in [-0.2, -0.15) is 13.2 Å². The van der Waals surface area contributed by atoms with E-state index in [1.54, 1.807) is 4.90 Å². The predicted octanol–water partition coefficient (Wildman–Crippen LogP) is 3.73. The van der Waals surface area contributed by atoms with Crippen LogP contribution in [0.1, 0.15) is 29.5 Å². The quantitative estimate of drug-likeness (QED) is 0.772. The minimum atomic E-state index is -4.39. The molecule has 1 fully saturated rings. The highest BCUT2D eigenvalue weighted by molar-refractivity contribution is 5.79. The van der Waals surface area contributed by atoms with Crippen LogP contribution in [0.4, 0.5) is 18.9 Å². The number of para-hydroxylation sites is 1. The summed E-state index contributed by atoms with van der Waals surface area (Å²) in [4.78, 5) is 25.7. The van der Waals surface area contributed by atoms with Crippen molar-refractivity contribution in [3.05, 3.63) is 65.2 Å². The molecule has 0 aliphatic carbocycles. The zero-order valence-corrected chi connectivity index (χ0v) is 16.1. The number of likely N-dealkylation sites (tertiary alicyclic amines) is 1. The predicted molar refractivity (Wildman–Crippen MR) is 104 cm³/mol. The standard InChI is InChI=1S/C22H21F3N2O3/c23-22(24,25)16-7-5-15(6-8-16)13-20(29)27-11-9-21(10-12-27)17-3-1-2-4-18(17)26-19(14-28)30-21/h1-8,14,19,26H,9-13H2. The number of benzene rings is 2. The van der Waals surface area contributed by atoms with Gasteiger partial charge < -0.3 is 15.0 Å². The van der Waals surface area contributed by atoms with Gasteiger partial charge in [0, 0.05) is 24.3 Å². The van der Waals surface area contributed by atoms with Gasteiger partial charge in [-0.05, 0) is 36.6 Å². The number of hydrogen-bond acceptors (Lipinski definition) is 4. The molecule has 4 rings (SSSR count). The molecule has 0 bridgehead atoms. The molecule has 5 nitrogen and oxygen atoms in total. The molecular weight excluding hydrogens is 397 g/mol. The smallest absolute Gasteiger partial charge is 0.354 e. The fourth-order valence-electron chi connectivity index (χ4n) is 4.16. The lowest BCUT2D eigenvalue weighted by atomic mass is 9.82. The van der Waals surface area contributed by atoms with Gasteiger partial charge in [-0.25, -0.2) is 0 Å². The molecule has 0 aromatic heterocycles. The van der Waals surface area contributed by atoms with Crippen LogP contribution in [0.15, 0.2) is 48.5 Å². The molecule has 2 heterocycles. The van der Waals surface area contributed by atoms with Gasteiger partial charge in [-0.3, -0.25) is 9.59 Å². The van der Waals surface area contributed by atoms with Crippen molar-refractivity contribution in [3.8, 4) is 0 Å². The Balaban J connectivity index is 1.43. The number of halogens is 3. The molecule has 158 valence electrons. The highest BCUT2D eigenvalue weighted by Gasteiger charge is 2.44. The van der Waals surface area contributed by atoms with E-state index in [0.29, 0.717) is 31.5 Å². The van der Waals surface area contributed by atoms with E-state index in [0.717, 1.165) is 29.7 Å². The number of nitrogens with one attached hydrogen (secondary N) is 1. The van der Waals surface area contributed by atoms with Crippen molar-refractivity contribution in [2.24, 2.45) is 0 Å². The van der Waals surface area contributed by atoms with Gasteiger partial charge in [0.25, 0.3) is 0 Å². The Morgan fingerprint density at radius 3 is 2.43 bits per heavy atom. The maximum Gasteiger partial charge on any atom is 0.416 e. The topological polar surface area (TPSA) is 58.6 Å². The van der Waals surface area contributed by atoms with Crippen LogP contribution in [0.2, 0.25) is 0 Å². The lowest BCUT2D eigenvalue weighted by Gasteiger charge is -2.46. The normalized spacial score (nSPS) is 20.4. The second-order valence-corrected chi connectivity index (χ2v) is 7.61. The molecule has 1 saturated heterocycles. The first kappa shape index (κ1) is 20.4. The summed E-state index contributed by atoms with van der Waals surface area (Å²) >= 11 is 0. The average molecular weight is 418 g/mol. The molecule has 0 saturated carbocycles. The summed E-state index contributed by atoms with van der Waals surface area (Å²) in [6.45, 7) is 0.888. The number of aldehydes is 1. The summed E-state index contributed by atoms with van der Waals surface area (Å²) in [7, 11) is 0. The van der Waals surface area contributed by atoms with Crippen LogP contribution in [0.5, 0.6) is 0 Å². The fraction of sp³-hybridized carbons (Fsp3) is 0.364. The molecule has 0 radical (unpaired) electrons. The molecule has 30 heavy (non-hydrogen) atoms. The van der Waals surface area contributed by atoms with Gasteiger partial charge >= 0.3 is 6.18 Å². The molecule has 1 N–H and O–H groups in total. The van der Waals surface area contributed by atoms with Gasteiger partial charge in [0.1, 0.15) is 5.60 Å². The number of piperidine rings is 1. The molecule has 2 aliphatic rings. The number of fused-ring (bicyclic) bond motifs is 2. The van der Waals surface area contributed by atoms with Gasteiger partial charge in [0.2, 0.25) is 5.91 Å². The first-order valence-corrected chi connectivity index (χ1v) is 9.74. The highest BCUT2D eigenvalue weighted by Crippen LogP contribution is 2.44. The van der Waals surface area contributed by atoms with Crippen LogP contribution in [0, 0.1) is 0 Å². The molecule has 1 spiro atoms. The Labute approximate surface area is 171 Å². The summed E-state index contributed by atoms with van der Waals surface area (Å²) in [5, 5.41) is 3.05. The highest BCUT2D eigenvalue weighted by atomic mass is 19.4. The molecule has 2 aliphatic heterocycles. The van der Waals surface area contributed by atoms with Crippen molar-refractivity contribution in [1.82, 2.24) is 4.90 Å². The van der Waals surface area contributed by atoms with Crippen LogP contribution in [-0.2, 0) is 32.5 Å². The van der Waals surface area contributed by atoms with E-state index >= 15 is 0 Å². The summed E-state index contributed by atoms with van der Waals surface area (Å²) in [5.41, 5.74) is 0.990. The number of alkyl halides is 3. The van der Waals surface area contributed by atoms with E-state index < -0.39 is 23.6 Å². The Morgan fingerprint density at radius 1 is 1.13 bits per heavy atom. The summed E-state index contributed by atoms with van der Waals surface area (Å²) in [6, 6.07) is 12.3.